The van der Waals surface area contributed by atoms with Gasteiger partial charge in [0.2, 0.25) is 0 Å². The highest BCUT2D eigenvalue weighted by Gasteiger charge is 2.52. The van der Waals surface area contributed by atoms with Crippen LogP contribution in [0.2, 0.25) is 0 Å². The highest BCUT2D eigenvalue weighted by Crippen LogP contribution is 2.47. The van der Waals surface area contributed by atoms with Gasteiger partial charge in [-0.1, -0.05) is 6.92 Å². The number of amides is 1. The Morgan fingerprint density at radius 1 is 1.41 bits per heavy atom. The molecule has 2 heterocycles. The SMILES string of the molecule is CCOC1=CC(=O)N([C@@H]2c3cc([N+](=O)[O-])ccc3OC(C)(CC)[C@H]2OC(C)=O)C1. The van der Waals surface area contributed by atoms with Crippen molar-refractivity contribution in [3.8, 4) is 5.75 Å². The van der Waals surface area contributed by atoms with Gasteiger partial charge in [0.05, 0.1) is 18.1 Å². The molecule has 3 rings (SSSR count). The first-order valence-electron chi connectivity index (χ1n) is 9.48. The second-order valence-electron chi connectivity index (χ2n) is 7.23. The van der Waals surface area contributed by atoms with Gasteiger partial charge < -0.3 is 19.1 Å². The average molecular weight is 404 g/mol. The molecular formula is C20H24N2O7. The quantitative estimate of drug-likeness (QED) is 0.407. The van der Waals surface area contributed by atoms with E-state index in [0.29, 0.717) is 30.1 Å². The van der Waals surface area contributed by atoms with E-state index in [4.69, 9.17) is 14.2 Å². The first-order valence-corrected chi connectivity index (χ1v) is 9.48. The summed E-state index contributed by atoms with van der Waals surface area (Å²) < 4.78 is 17.3. The molecule has 2 aliphatic heterocycles. The lowest BCUT2D eigenvalue weighted by Crippen LogP contribution is -2.57. The molecule has 156 valence electrons. The van der Waals surface area contributed by atoms with Gasteiger partial charge in [0.1, 0.15) is 23.2 Å². The summed E-state index contributed by atoms with van der Waals surface area (Å²) >= 11 is 0. The average Bonchev–Trinajstić information content (AvgIpc) is 3.01. The number of nitro groups is 1. The van der Waals surface area contributed by atoms with Crippen molar-refractivity contribution in [3.05, 3.63) is 45.7 Å². The maximum Gasteiger partial charge on any atom is 0.303 e. The van der Waals surface area contributed by atoms with Crippen LogP contribution < -0.4 is 4.74 Å². The molecule has 0 bridgehead atoms. The lowest BCUT2D eigenvalue weighted by atomic mass is 9.82. The van der Waals surface area contributed by atoms with E-state index >= 15 is 0 Å². The summed E-state index contributed by atoms with van der Waals surface area (Å²) in [6.45, 7) is 7.37. The Labute approximate surface area is 168 Å². The Balaban J connectivity index is 2.14. The molecular weight excluding hydrogens is 380 g/mol. The number of benzene rings is 1. The smallest absolute Gasteiger partial charge is 0.303 e. The third kappa shape index (κ3) is 3.76. The van der Waals surface area contributed by atoms with Gasteiger partial charge in [-0.25, -0.2) is 0 Å². The molecule has 1 unspecified atom stereocenters. The highest BCUT2D eigenvalue weighted by molar-refractivity contribution is 5.91. The molecule has 1 amide bonds. The number of ether oxygens (including phenoxy) is 3. The number of esters is 1. The number of carbonyl (C=O) groups is 2. The van der Waals surface area contributed by atoms with Gasteiger partial charge >= 0.3 is 5.97 Å². The van der Waals surface area contributed by atoms with Gasteiger partial charge in [-0.05, 0) is 26.3 Å². The fourth-order valence-electron chi connectivity index (χ4n) is 3.77. The van der Waals surface area contributed by atoms with Crippen molar-refractivity contribution in [1.29, 1.82) is 0 Å². The molecule has 0 radical (unpaired) electrons. The predicted molar refractivity (Wildman–Crippen MR) is 102 cm³/mol. The number of fused-ring (bicyclic) bond motifs is 1. The van der Waals surface area contributed by atoms with Gasteiger partial charge in [0.25, 0.3) is 11.6 Å². The Hall–Kier alpha value is -3.10. The second kappa shape index (κ2) is 7.73. The molecule has 0 fully saturated rings. The molecule has 29 heavy (non-hydrogen) atoms. The van der Waals surface area contributed by atoms with E-state index < -0.39 is 28.6 Å². The summed E-state index contributed by atoms with van der Waals surface area (Å²) in [6.07, 6.45) is 1.04. The molecule has 0 aliphatic carbocycles. The number of carbonyl (C=O) groups excluding carboxylic acids is 2. The van der Waals surface area contributed by atoms with Crippen LogP contribution in [0.1, 0.15) is 45.7 Å². The molecule has 0 saturated heterocycles. The van der Waals surface area contributed by atoms with Crippen LogP contribution in [0.4, 0.5) is 5.69 Å². The van der Waals surface area contributed by atoms with Crippen LogP contribution in [-0.2, 0) is 19.1 Å². The zero-order valence-corrected chi connectivity index (χ0v) is 16.8. The minimum atomic E-state index is -0.923. The van der Waals surface area contributed by atoms with Gasteiger partial charge in [-0.15, -0.1) is 0 Å². The minimum Gasteiger partial charge on any atom is -0.496 e. The zero-order chi connectivity index (χ0) is 21.3. The molecule has 1 aromatic rings. The fraction of sp³-hybridized carbons (Fsp3) is 0.500. The number of hydrogen-bond acceptors (Lipinski definition) is 7. The first-order chi connectivity index (χ1) is 13.7. The van der Waals surface area contributed by atoms with Crippen molar-refractivity contribution in [2.45, 2.75) is 51.9 Å². The van der Waals surface area contributed by atoms with Crippen molar-refractivity contribution < 1.29 is 28.7 Å². The number of nitrogens with zero attached hydrogens (tertiary/aromatic N) is 2. The van der Waals surface area contributed by atoms with Crippen LogP contribution >= 0.6 is 0 Å². The molecule has 0 aromatic heterocycles. The van der Waals surface area contributed by atoms with E-state index in [2.05, 4.69) is 0 Å². The fourth-order valence-corrected chi connectivity index (χ4v) is 3.77. The van der Waals surface area contributed by atoms with Crippen LogP contribution in [0.25, 0.3) is 0 Å². The van der Waals surface area contributed by atoms with Crippen LogP contribution in [0, 0.1) is 10.1 Å². The molecule has 1 aromatic carbocycles. The number of nitro benzene ring substituents is 1. The normalized spacial score (nSPS) is 25.7. The number of hydrogen-bond donors (Lipinski definition) is 0. The third-order valence-electron chi connectivity index (χ3n) is 5.31. The van der Waals surface area contributed by atoms with Gasteiger partial charge in [0, 0.05) is 30.7 Å². The number of rotatable bonds is 6. The van der Waals surface area contributed by atoms with E-state index in [1.165, 1.54) is 36.1 Å². The molecule has 0 N–H and O–H groups in total. The molecule has 3 atom stereocenters. The van der Waals surface area contributed by atoms with E-state index in [-0.39, 0.29) is 18.1 Å². The highest BCUT2D eigenvalue weighted by atomic mass is 16.6. The topological polar surface area (TPSA) is 108 Å². The Bertz CT molecular complexity index is 882. The van der Waals surface area contributed by atoms with E-state index in [0.717, 1.165) is 0 Å². The molecule has 0 spiro atoms. The van der Waals surface area contributed by atoms with Gasteiger partial charge in [0.15, 0.2) is 6.10 Å². The van der Waals surface area contributed by atoms with E-state index in [9.17, 15) is 19.7 Å². The molecule has 9 nitrogen and oxygen atoms in total. The lowest BCUT2D eigenvalue weighted by Gasteiger charge is -2.47. The van der Waals surface area contributed by atoms with Crippen molar-refractivity contribution in [2.75, 3.05) is 13.2 Å². The van der Waals surface area contributed by atoms with Gasteiger partial charge in [-0.3, -0.25) is 19.7 Å². The summed E-state index contributed by atoms with van der Waals surface area (Å²) in [6, 6.07) is 3.50. The standard InChI is InChI=1S/C20H24N2O7/c1-5-20(4)19(28-12(3)23)18(21-11-14(27-6-2)10-17(21)24)15-9-13(22(25)26)7-8-16(15)29-20/h7-10,18-19H,5-6,11H2,1-4H3/t18-,19+,20?/m1/s1. The van der Waals surface area contributed by atoms with Crippen molar-refractivity contribution in [1.82, 2.24) is 4.90 Å². The van der Waals surface area contributed by atoms with Crippen LogP contribution in [0.15, 0.2) is 30.0 Å². The first kappa shape index (κ1) is 20.6. The zero-order valence-electron chi connectivity index (χ0n) is 16.8. The predicted octanol–water partition coefficient (Wildman–Crippen LogP) is 2.89. The summed E-state index contributed by atoms with van der Waals surface area (Å²) in [5, 5.41) is 11.3. The minimum absolute atomic E-state index is 0.135. The van der Waals surface area contributed by atoms with Crippen molar-refractivity contribution in [2.24, 2.45) is 0 Å². The lowest BCUT2D eigenvalue weighted by molar-refractivity contribution is -0.385. The molecule has 9 heteroatoms. The Kier molecular flexibility index (Phi) is 5.50. The van der Waals surface area contributed by atoms with Crippen molar-refractivity contribution >= 4 is 17.6 Å². The van der Waals surface area contributed by atoms with E-state index in [1.54, 1.807) is 6.92 Å². The maximum absolute atomic E-state index is 12.8. The molecule has 0 saturated carbocycles. The van der Waals surface area contributed by atoms with Crippen molar-refractivity contribution in [3.63, 3.8) is 0 Å². The third-order valence-corrected chi connectivity index (χ3v) is 5.31. The van der Waals surface area contributed by atoms with Crippen LogP contribution in [0.3, 0.4) is 0 Å². The summed E-state index contributed by atoms with van der Waals surface area (Å²) in [4.78, 5) is 37.0. The van der Waals surface area contributed by atoms with E-state index in [1.807, 2.05) is 13.8 Å². The molecule has 2 aliphatic rings. The summed E-state index contributed by atoms with van der Waals surface area (Å²) in [5.74, 6) is 0.0805. The second-order valence-corrected chi connectivity index (χ2v) is 7.23. The Morgan fingerprint density at radius 3 is 2.72 bits per heavy atom. The van der Waals surface area contributed by atoms with Crippen LogP contribution in [-0.4, -0.2) is 46.6 Å². The Morgan fingerprint density at radius 2 is 2.14 bits per heavy atom. The maximum atomic E-state index is 12.8. The summed E-state index contributed by atoms with van der Waals surface area (Å²) in [7, 11) is 0. The monoisotopic (exact) mass is 404 g/mol. The van der Waals surface area contributed by atoms with Crippen LogP contribution in [0.5, 0.6) is 5.75 Å². The number of non-ortho nitro benzene ring substituents is 1. The van der Waals surface area contributed by atoms with Gasteiger partial charge in [-0.2, -0.15) is 0 Å². The largest absolute Gasteiger partial charge is 0.496 e. The summed E-state index contributed by atoms with van der Waals surface area (Å²) in [5.41, 5.74) is -0.631.